The Balaban J connectivity index is 2.39. The summed E-state index contributed by atoms with van der Waals surface area (Å²) in [5, 5.41) is 13.9. The summed E-state index contributed by atoms with van der Waals surface area (Å²) in [5.41, 5.74) is 0.905. The van der Waals surface area contributed by atoms with E-state index < -0.39 is 18.0 Å². The number of carboxylic acids is 1. The van der Waals surface area contributed by atoms with Gasteiger partial charge in [0.15, 0.2) is 0 Å². The molecule has 1 heterocycles. The quantitative estimate of drug-likeness (QED) is 0.707. The molecule has 98 valence electrons. The van der Waals surface area contributed by atoms with Crippen LogP contribution in [0.25, 0.3) is 0 Å². The van der Waals surface area contributed by atoms with Crippen molar-refractivity contribution in [3.05, 3.63) is 30.1 Å². The van der Waals surface area contributed by atoms with Crippen LogP contribution in [0.2, 0.25) is 0 Å². The van der Waals surface area contributed by atoms with E-state index in [2.05, 4.69) is 15.6 Å². The Bertz CT molecular complexity index is 395. The van der Waals surface area contributed by atoms with E-state index in [0.717, 1.165) is 5.56 Å². The van der Waals surface area contributed by atoms with Crippen molar-refractivity contribution in [2.45, 2.75) is 32.4 Å². The van der Waals surface area contributed by atoms with E-state index in [-0.39, 0.29) is 0 Å². The molecule has 0 aromatic carbocycles. The van der Waals surface area contributed by atoms with E-state index in [1.807, 2.05) is 6.92 Å². The van der Waals surface area contributed by atoms with E-state index >= 15 is 0 Å². The van der Waals surface area contributed by atoms with Crippen LogP contribution in [0.3, 0.4) is 0 Å². The summed E-state index contributed by atoms with van der Waals surface area (Å²) in [6, 6.07) is 2.24. The first kappa shape index (κ1) is 14.0. The molecule has 0 aliphatic rings. The number of carbonyl (C=O) groups is 2. The lowest BCUT2D eigenvalue weighted by Crippen LogP contribution is -2.45. The molecule has 0 unspecified atom stereocenters. The maximum Gasteiger partial charge on any atom is 0.326 e. The number of nitrogens with zero attached hydrogens (tertiary/aromatic N) is 1. The molecule has 2 amide bonds. The van der Waals surface area contributed by atoms with Crippen LogP contribution in [0.1, 0.15) is 25.3 Å². The molecule has 3 N–H and O–H groups in total. The fraction of sp³-hybridized carbons (Fsp3) is 0.417. The minimum Gasteiger partial charge on any atom is -0.480 e. The molecule has 6 heteroatoms. The van der Waals surface area contributed by atoms with Gasteiger partial charge in [-0.25, -0.2) is 9.59 Å². The second-order valence-corrected chi connectivity index (χ2v) is 3.86. The number of pyridine rings is 1. The van der Waals surface area contributed by atoms with E-state index in [1.165, 1.54) is 0 Å². The van der Waals surface area contributed by atoms with Crippen LogP contribution in [-0.2, 0) is 11.3 Å². The van der Waals surface area contributed by atoms with Crippen LogP contribution in [0.15, 0.2) is 24.5 Å². The highest BCUT2D eigenvalue weighted by Gasteiger charge is 2.18. The highest BCUT2D eigenvalue weighted by Crippen LogP contribution is 1.98. The first-order valence-electron chi connectivity index (χ1n) is 5.79. The molecule has 1 atom stereocenters. The van der Waals surface area contributed by atoms with Gasteiger partial charge in [0.05, 0.1) is 0 Å². The predicted octanol–water partition coefficient (Wildman–Crippen LogP) is 1.13. The molecule has 1 aromatic heterocycles. The first-order chi connectivity index (χ1) is 8.63. The number of hydrogen-bond acceptors (Lipinski definition) is 3. The molecule has 0 spiro atoms. The molecule has 0 bridgehead atoms. The fourth-order valence-electron chi connectivity index (χ4n) is 1.44. The van der Waals surface area contributed by atoms with Crippen LogP contribution in [0, 0.1) is 0 Å². The molecule has 18 heavy (non-hydrogen) atoms. The third-order valence-corrected chi connectivity index (χ3v) is 2.38. The van der Waals surface area contributed by atoms with Gasteiger partial charge < -0.3 is 15.7 Å². The minimum atomic E-state index is -1.02. The number of amides is 2. The number of rotatable bonds is 6. The largest absolute Gasteiger partial charge is 0.480 e. The number of carbonyl (C=O) groups excluding carboxylic acids is 1. The van der Waals surface area contributed by atoms with E-state index in [9.17, 15) is 9.59 Å². The van der Waals surface area contributed by atoms with Gasteiger partial charge in [0.1, 0.15) is 6.04 Å². The molecule has 1 aromatic rings. The molecule has 0 fully saturated rings. The summed E-state index contributed by atoms with van der Waals surface area (Å²) in [7, 11) is 0. The first-order valence-corrected chi connectivity index (χ1v) is 5.79. The Hall–Kier alpha value is -2.11. The zero-order valence-corrected chi connectivity index (χ0v) is 10.2. The van der Waals surface area contributed by atoms with E-state index in [1.54, 1.807) is 24.5 Å². The van der Waals surface area contributed by atoms with Gasteiger partial charge >= 0.3 is 12.0 Å². The number of nitrogens with one attached hydrogen (secondary N) is 2. The van der Waals surface area contributed by atoms with Crippen molar-refractivity contribution in [2.24, 2.45) is 0 Å². The number of hydrogen-bond donors (Lipinski definition) is 3. The highest BCUT2D eigenvalue weighted by atomic mass is 16.4. The average Bonchev–Trinajstić information content (AvgIpc) is 2.37. The molecular formula is C12H17N3O3. The van der Waals surface area contributed by atoms with Crippen molar-refractivity contribution in [2.75, 3.05) is 0 Å². The second-order valence-electron chi connectivity index (χ2n) is 3.86. The lowest BCUT2D eigenvalue weighted by atomic mass is 10.2. The Kier molecular flexibility index (Phi) is 5.63. The molecule has 1 rings (SSSR count). The standard InChI is InChI=1S/C12H17N3O3/c1-2-3-10(11(16)17)15-12(18)14-8-9-4-6-13-7-5-9/h4-7,10H,2-3,8H2,1H3,(H,16,17)(H2,14,15,18)/t10-/m1/s1. The van der Waals surface area contributed by atoms with Gasteiger partial charge in [0.2, 0.25) is 0 Å². The molecule has 0 aliphatic carbocycles. The molecule has 0 aliphatic heterocycles. The topological polar surface area (TPSA) is 91.3 Å². The number of aliphatic carboxylic acids is 1. The van der Waals surface area contributed by atoms with Crippen LogP contribution < -0.4 is 10.6 Å². The Labute approximate surface area is 105 Å². The van der Waals surface area contributed by atoms with Crippen molar-refractivity contribution >= 4 is 12.0 Å². The van der Waals surface area contributed by atoms with E-state index in [0.29, 0.717) is 19.4 Å². The summed E-state index contributed by atoms with van der Waals surface area (Å²) in [4.78, 5) is 26.2. The SMILES string of the molecule is CCC[C@@H](NC(=O)NCc1ccncc1)C(=O)O. The molecular weight excluding hydrogens is 234 g/mol. The fourth-order valence-corrected chi connectivity index (χ4v) is 1.44. The lowest BCUT2D eigenvalue weighted by Gasteiger charge is -2.14. The summed E-state index contributed by atoms with van der Waals surface area (Å²) in [6.07, 6.45) is 4.37. The van der Waals surface area contributed by atoms with Crippen molar-refractivity contribution in [3.8, 4) is 0 Å². The van der Waals surface area contributed by atoms with Crippen LogP contribution >= 0.6 is 0 Å². The Morgan fingerprint density at radius 2 is 2.06 bits per heavy atom. The smallest absolute Gasteiger partial charge is 0.326 e. The van der Waals surface area contributed by atoms with Crippen LogP contribution in [0.5, 0.6) is 0 Å². The highest BCUT2D eigenvalue weighted by molar-refractivity contribution is 5.82. The number of urea groups is 1. The summed E-state index contributed by atoms with van der Waals surface area (Å²) in [6.45, 7) is 2.21. The van der Waals surface area contributed by atoms with Crippen LogP contribution in [-0.4, -0.2) is 28.1 Å². The maximum atomic E-state index is 11.5. The maximum absolute atomic E-state index is 11.5. The van der Waals surface area contributed by atoms with Gasteiger partial charge in [0.25, 0.3) is 0 Å². The molecule has 0 radical (unpaired) electrons. The molecule has 0 saturated carbocycles. The van der Waals surface area contributed by atoms with Gasteiger partial charge in [-0.2, -0.15) is 0 Å². The summed E-state index contributed by atoms with van der Waals surface area (Å²) >= 11 is 0. The van der Waals surface area contributed by atoms with Gasteiger partial charge in [-0.3, -0.25) is 4.98 Å². The Morgan fingerprint density at radius 1 is 1.39 bits per heavy atom. The van der Waals surface area contributed by atoms with Crippen molar-refractivity contribution in [3.63, 3.8) is 0 Å². The van der Waals surface area contributed by atoms with Gasteiger partial charge in [0, 0.05) is 18.9 Å². The normalized spacial score (nSPS) is 11.6. The zero-order chi connectivity index (χ0) is 13.4. The van der Waals surface area contributed by atoms with Crippen LogP contribution in [0.4, 0.5) is 4.79 Å². The van der Waals surface area contributed by atoms with Gasteiger partial charge in [-0.05, 0) is 24.1 Å². The lowest BCUT2D eigenvalue weighted by molar-refractivity contribution is -0.139. The van der Waals surface area contributed by atoms with Gasteiger partial charge in [-0.15, -0.1) is 0 Å². The van der Waals surface area contributed by atoms with Gasteiger partial charge in [-0.1, -0.05) is 13.3 Å². The van der Waals surface area contributed by atoms with Crippen molar-refractivity contribution in [1.29, 1.82) is 0 Å². The zero-order valence-electron chi connectivity index (χ0n) is 10.2. The number of carboxylic acid groups (broad SMARTS) is 1. The molecule has 6 nitrogen and oxygen atoms in total. The average molecular weight is 251 g/mol. The summed E-state index contributed by atoms with van der Waals surface area (Å²) < 4.78 is 0. The second kappa shape index (κ2) is 7.26. The minimum absolute atomic E-state index is 0.340. The third-order valence-electron chi connectivity index (χ3n) is 2.38. The van der Waals surface area contributed by atoms with E-state index in [4.69, 9.17) is 5.11 Å². The van der Waals surface area contributed by atoms with Crippen molar-refractivity contribution in [1.82, 2.24) is 15.6 Å². The van der Waals surface area contributed by atoms with Crippen molar-refractivity contribution < 1.29 is 14.7 Å². The third kappa shape index (κ3) is 4.82. The monoisotopic (exact) mass is 251 g/mol. The Morgan fingerprint density at radius 3 is 2.61 bits per heavy atom. The predicted molar refractivity (Wildman–Crippen MR) is 65.9 cm³/mol. The number of aromatic nitrogens is 1. The molecule has 0 saturated heterocycles. The summed E-state index contributed by atoms with van der Waals surface area (Å²) in [5.74, 6) is -1.02.